The number of rotatable bonds is 4. The number of nitro groups is 1. The van der Waals surface area contributed by atoms with Crippen molar-refractivity contribution in [2.75, 3.05) is 32.8 Å². The number of carbonyl (C=O) groups is 1. The summed E-state index contributed by atoms with van der Waals surface area (Å²) in [6, 6.07) is 3.29. The smallest absolute Gasteiger partial charge is 0.274 e. The van der Waals surface area contributed by atoms with E-state index in [1.807, 2.05) is 11.8 Å². The number of carbonyl (C=O) groups excluding carboxylic acids is 1. The Bertz CT molecular complexity index is 706. The fourth-order valence-corrected chi connectivity index (χ4v) is 4.02. The largest absolute Gasteiger partial charge is 0.381 e. The summed E-state index contributed by atoms with van der Waals surface area (Å²) < 4.78 is 5.33. The lowest BCUT2D eigenvalue weighted by molar-refractivity contribution is -0.385. The van der Waals surface area contributed by atoms with Gasteiger partial charge in [-0.1, -0.05) is 11.6 Å². The summed E-state index contributed by atoms with van der Waals surface area (Å²) in [5.74, 6) is 0.172. The van der Waals surface area contributed by atoms with Crippen molar-refractivity contribution in [1.82, 2.24) is 9.80 Å². The summed E-state index contributed by atoms with van der Waals surface area (Å²) >= 11 is 6.06. The van der Waals surface area contributed by atoms with Crippen LogP contribution in [0, 0.1) is 23.0 Å². The third kappa shape index (κ3) is 4.00. The molecular formula is C18H24ClN3O4. The van der Waals surface area contributed by atoms with Crippen molar-refractivity contribution in [2.24, 2.45) is 5.92 Å². The van der Waals surface area contributed by atoms with Gasteiger partial charge in [-0.3, -0.25) is 19.8 Å². The average Bonchev–Trinajstić information content (AvgIpc) is 3.11. The Kier molecular flexibility index (Phi) is 5.79. The lowest BCUT2D eigenvalue weighted by atomic mass is 10.0. The standard InChI is InChI=1S/C18H24ClN3O4/c1-12-9-20(4-5-21(12)18(23)14-3-6-26-11-14)10-15-7-16(19)8-17(13(15)2)22(24)25/h7-8,12,14H,3-6,9-11H2,1-2H3/t12-,14?/m0/s1. The Morgan fingerprint density at radius 2 is 2.19 bits per heavy atom. The van der Waals surface area contributed by atoms with E-state index >= 15 is 0 Å². The first-order valence-electron chi connectivity index (χ1n) is 8.90. The molecule has 0 N–H and O–H groups in total. The van der Waals surface area contributed by atoms with Crippen LogP contribution >= 0.6 is 11.6 Å². The molecule has 2 fully saturated rings. The maximum atomic E-state index is 12.6. The molecule has 1 unspecified atom stereocenters. The molecule has 2 aliphatic rings. The van der Waals surface area contributed by atoms with E-state index < -0.39 is 4.92 Å². The molecule has 142 valence electrons. The van der Waals surface area contributed by atoms with E-state index in [2.05, 4.69) is 4.90 Å². The molecule has 0 saturated carbocycles. The van der Waals surface area contributed by atoms with E-state index in [9.17, 15) is 14.9 Å². The summed E-state index contributed by atoms with van der Waals surface area (Å²) in [6.07, 6.45) is 0.803. The van der Waals surface area contributed by atoms with Gasteiger partial charge in [0.15, 0.2) is 0 Å². The van der Waals surface area contributed by atoms with Gasteiger partial charge in [-0.2, -0.15) is 0 Å². The van der Waals surface area contributed by atoms with E-state index in [-0.39, 0.29) is 23.6 Å². The van der Waals surface area contributed by atoms with Crippen LogP contribution in [0.5, 0.6) is 0 Å². The zero-order valence-corrected chi connectivity index (χ0v) is 15.9. The van der Waals surface area contributed by atoms with E-state index in [4.69, 9.17) is 16.3 Å². The molecule has 8 heteroatoms. The van der Waals surface area contributed by atoms with Crippen LogP contribution in [0.15, 0.2) is 12.1 Å². The fraction of sp³-hybridized carbons (Fsp3) is 0.611. The topological polar surface area (TPSA) is 75.9 Å². The van der Waals surface area contributed by atoms with Crippen molar-refractivity contribution < 1.29 is 14.5 Å². The maximum Gasteiger partial charge on any atom is 0.274 e. The van der Waals surface area contributed by atoms with Crippen LogP contribution in [0.25, 0.3) is 0 Å². The van der Waals surface area contributed by atoms with Crippen molar-refractivity contribution in [1.29, 1.82) is 0 Å². The Morgan fingerprint density at radius 1 is 1.42 bits per heavy atom. The minimum absolute atomic E-state index is 0.0122. The second kappa shape index (κ2) is 7.90. The van der Waals surface area contributed by atoms with Gasteiger partial charge in [-0.15, -0.1) is 0 Å². The van der Waals surface area contributed by atoms with Crippen LogP contribution in [0.3, 0.4) is 0 Å². The molecule has 2 saturated heterocycles. The molecule has 0 aromatic heterocycles. The SMILES string of the molecule is Cc1c(CN2CCN(C(=O)C3CCOC3)[C@@H](C)C2)cc(Cl)cc1[N+](=O)[O-]. The Labute approximate surface area is 158 Å². The molecule has 7 nitrogen and oxygen atoms in total. The maximum absolute atomic E-state index is 12.6. The lowest BCUT2D eigenvalue weighted by Crippen LogP contribution is -2.55. The molecular weight excluding hydrogens is 358 g/mol. The van der Waals surface area contributed by atoms with E-state index in [1.54, 1.807) is 13.0 Å². The first-order chi connectivity index (χ1) is 12.4. The summed E-state index contributed by atoms with van der Waals surface area (Å²) in [4.78, 5) is 27.6. The van der Waals surface area contributed by atoms with E-state index in [1.165, 1.54) is 6.07 Å². The summed E-state index contributed by atoms with van der Waals surface area (Å²) in [5, 5.41) is 11.6. The molecule has 2 heterocycles. The van der Waals surface area contributed by atoms with Gasteiger partial charge in [0, 0.05) is 55.5 Å². The molecule has 0 radical (unpaired) electrons. The molecule has 3 rings (SSSR count). The van der Waals surface area contributed by atoms with Crippen LogP contribution in [0.1, 0.15) is 24.5 Å². The zero-order valence-electron chi connectivity index (χ0n) is 15.1. The van der Waals surface area contributed by atoms with Crippen LogP contribution in [-0.4, -0.2) is 59.5 Å². The van der Waals surface area contributed by atoms with E-state index in [0.29, 0.717) is 36.9 Å². The van der Waals surface area contributed by atoms with Gasteiger partial charge in [0.25, 0.3) is 5.69 Å². The van der Waals surface area contributed by atoms with Gasteiger partial charge < -0.3 is 9.64 Å². The molecule has 26 heavy (non-hydrogen) atoms. The van der Waals surface area contributed by atoms with Gasteiger partial charge in [0.2, 0.25) is 5.91 Å². The molecule has 1 amide bonds. The van der Waals surface area contributed by atoms with Crippen molar-refractivity contribution >= 4 is 23.2 Å². The number of hydrogen-bond donors (Lipinski definition) is 0. The number of piperazine rings is 1. The van der Waals surface area contributed by atoms with E-state index in [0.717, 1.165) is 25.1 Å². The van der Waals surface area contributed by atoms with Crippen molar-refractivity contribution in [3.8, 4) is 0 Å². The second-order valence-corrected chi connectivity index (χ2v) is 7.58. The minimum Gasteiger partial charge on any atom is -0.381 e. The number of benzene rings is 1. The first-order valence-corrected chi connectivity index (χ1v) is 9.28. The number of nitro benzene ring substituents is 1. The van der Waals surface area contributed by atoms with Gasteiger partial charge in [-0.05, 0) is 31.9 Å². The fourth-order valence-electron chi connectivity index (χ4n) is 3.78. The third-order valence-electron chi connectivity index (χ3n) is 5.32. The molecule has 2 atom stereocenters. The third-order valence-corrected chi connectivity index (χ3v) is 5.54. The van der Waals surface area contributed by atoms with Gasteiger partial charge in [-0.25, -0.2) is 0 Å². The zero-order chi connectivity index (χ0) is 18.8. The van der Waals surface area contributed by atoms with Crippen molar-refractivity contribution in [3.05, 3.63) is 38.4 Å². The van der Waals surface area contributed by atoms with Crippen LogP contribution in [0.2, 0.25) is 5.02 Å². The lowest BCUT2D eigenvalue weighted by Gasteiger charge is -2.41. The van der Waals surface area contributed by atoms with Gasteiger partial charge >= 0.3 is 0 Å². The number of ether oxygens (including phenoxy) is 1. The highest BCUT2D eigenvalue weighted by Gasteiger charge is 2.33. The molecule has 0 bridgehead atoms. The minimum atomic E-state index is -0.395. The van der Waals surface area contributed by atoms with Crippen LogP contribution < -0.4 is 0 Å². The summed E-state index contributed by atoms with van der Waals surface area (Å²) in [7, 11) is 0. The summed E-state index contributed by atoms with van der Waals surface area (Å²) in [5.41, 5.74) is 1.56. The highest BCUT2D eigenvalue weighted by atomic mass is 35.5. The van der Waals surface area contributed by atoms with Crippen LogP contribution in [-0.2, 0) is 16.1 Å². The number of amides is 1. The molecule has 2 aliphatic heterocycles. The first kappa shape index (κ1) is 19.1. The summed E-state index contributed by atoms with van der Waals surface area (Å²) in [6.45, 7) is 7.72. The van der Waals surface area contributed by atoms with Crippen molar-refractivity contribution in [2.45, 2.75) is 32.9 Å². The highest BCUT2D eigenvalue weighted by Crippen LogP contribution is 2.28. The number of nitrogens with zero attached hydrogens (tertiary/aromatic N) is 3. The average molecular weight is 382 g/mol. The number of halogens is 1. The normalized spacial score (nSPS) is 24.0. The van der Waals surface area contributed by atoms with Gasteiger partial charge in [0.1, 0.15) is 0 Å². The molecule has 0 spiro atoms. The monoisotopic (exact) mass is 381 g/mol. The Balaban J connectivity index is 1.66. The van der Waals surface area contributed by atoms with Gasteiger partial charge in [0.05, 0.1) is 17.4 Å². The molecule has 0 aliphatic carbocycles. The molecule has 1 aromatic rings. The predicted molar refractivity (Wildman–Crippen MR) is 98.2 cm³/mol. The highest BCUT2D eigenvalue weighted by molar-refractivity contribution is 6.30. The number of hydrogen-bond acceptors (Lipinski definition) is 5. The van der Waals surface area contributed by atoms with Crippen LogP contribution in [0.4, 0.5) is 5.69 Å². The second-order valence-electron chi connectivity index (χ2n) is 7.14. The Morgan fingerprint density at radius 3 is 2.81 bits per heavy atom. The van der Waals surface area contributed by atoms with Crippen molar-refractivity contribution in [3.63, 3.8) is 0 Å². The quantitative estimate of drug-likeness (QED) is 0.592. The molecule has 1 aromatic carbocycles. The Hall–Kier alpha value is -1.70. The predicted octanol–water partition coefficient (Wildman–Crippen LogP) is 2.63.